The minimum absolute atomic E-state index is 0.0405. The molecule has 1 aromatic carbocycles. The van der Waals surface area contributed by atoms with Crippen molar-refractivity contribution in [3.8, 4) is 5.75 Å². The molecule has 34 heavy (non-hydrogen) atoms. The zero-order chi connectivity index (χ0) is 23.7. The number of amides is 1. The van der Waals surface area contributed by atoms with E-state index >= 15 is 0 Å². The van der Waals surface area contributed by atoms with Crippen LogP contribution in [0.15, 0.2) is 50.6 Å². The van der Waals surface area contributed by atoms with Gasteiger partial charge in [0.05, 0.1) is 18.8 Å². The van der Waals surface area contributed by atoms with Gasteiger partial charge >= 0.3 is 0 Å². The minimum Gasteiger partial charge on any atom is -0.496 e. The number of aromatic nitrogens is 1. The van der Waals surface area contributed by atoms with Gasteiger partial charge in [0.15, 0.2) is 5.43 Å². The maximum Gasteiger partial charge on any atom is 0.259 e. The second kappa shape index (κ2) is 9.68. The first-order valence-corrected chi connectivity index (χ1v) is 12.6. The molecule has 8 nitrogen and oxygen atoms in total. The van der Waals surface area contributed by atoms with Gasteiger partial charge in [0.1, 0.15) is 16.9 Å². The third kappa shape index (κ3) is 4.25. The molecule has 2 aliphatic heterocycles. The summed E-state index contributed by atoms with van der Waals surface area (Å²) in [6.07, 6.45) is 2.04. The van der Waals surface area contributed by atoms with Gasteiger partial charge in [-0.2, -0.15) is 11.8 Å². The van der Waals surface area contributed by atoms with E-state index < -0.39 is 0 Å². The van der Waals surface area contributed by atoms with Crippen molar-refractivity contribution >= 4 is 28.6 Å². The van der Waals surface area contributed by atoms with Crippen molar-refractivity contribution in [3.05, 3.63) is 74.0 Å². The van der Waals surface area contributed by atoms with Gasteiger partial charge in [0.25, 0.3) is 11.5 Å². The van der Waals surface area contributed by atoms with E-state index in [1.165, 1.54) is 19.4 Å². The number of benzene rings is 1. The topological polar surface area (TPSA) is 85.0 Å². The number of para-hydroxylation sites is 1. The highest BCUT2D eigenvalue weighted by atomic mass is 32.2. The monoisotopic (exact) mass is 481 g/mol. The van der Waals surface area contributed by atoms with Crippen LogP contribution in [0.25, 0.3) is 11.0 Å². The lowest BCUT2D eigenvalue weighted by Crippen LogP contribution is -2.39. The van der Waals surface area contributed by atoms with Crippen LogP contribution < -0.4 is 15.7 Å². The number of fused-ring (bicyclic) bond motifs is 2. The summed E-state index contributed by atoms with van der Waals surface area (Å²) in [6, 6.07) is 8.63. The molecule has 1 amide bonds. The van der Waals surface area contributed by atoms with E-state index in [-0.39, 0.29) is 16.9 Å². The first-order chi connectivity index (χ1) is 16.6. The average Bonchev–Trinajstić information content (AvgIpc) is 3.09. The second-order valence-corrected chi connectivity index (χ2v) is 9.77. The molecule has 4 heterocycles. The molecule has 2 aromatic heterocycles. The number of nitrogens with zero attached hydrogens (tertiary/aromatic N) is 3. The summed E-state index contributed by atoms with van der Waals surface area (Å²) in [5.74, 6) is 2.07. The molecule has 3 aromatic rings. The molecule has 0 spiro atoms. The number of rotatable bonds is 4. The molecule has 2 aliphatic rings. The Bertz CT molecular complexity index is 1340. The average molecular weight is 482 g/mol. The van der Waals surface area contributed by atoms with Crippen LogP contribution in [0.2, 0.25) is 0 Å². The Hall–Kier alpha value is -3.04. The van der Waals surface area contributed by atoms with E-state index in [9.17, 15) is 14.4 Å². The standard InChI is InChI=1S/C25H27N3O5S/c1-32-21-14-22(29)28-9-8-26(15-17-16-33-20-5-3-2-4-18(20)24(17)30)7-6-19(28)23(21)25(31)27-10-12-34-13-11-27/h2-5,14,16H,6-13,15H2,1H3. The van der Waals surface area contributed by atoms with E-state index in [4.69, 9.17) is 9.15 Å². The maximum absolute atomic E-state index is 13.5. The van der Waals surface area contributed by atoms with Gasteiger partial charge in [0, 0.05) is 74.5 Å². The number of carbonyl (C=O) groups is 1. The summed E-state index contributed by atoms with van der Waals surface area (Å²) in [7, 11) is 1.50. The lowest BCUT2D eigenvalue weighted by Gasteiger charge is -2.28. The smallest absolute Gasteiger partial charge is 0.259 e. The molecule has 5 rings (SSSR count). The molecule has 0 N–H and O–H groups in total. The number of hydrogen-bond acceptors (Lipinski definition) is 7. The van der Waals surface area contributed by atoms with E-state index in [0.717, 1.165) is 11.5 Å². The van der Waals surface area contributed by atoms with Crippen molar-refractivity contribution < 1.29 is 13.9 Å². The third-order valence-electron chi connectivity index (χ3n) is 6.56. The second-order valence-electron chi connectivity index (χ2n) is 8.54. The van der Waals surface area contributed by atoms with Crippen LogP contribution in [0.3, 0.4) is 0 Å². The van der Waals surface area contributed by atoms with Crippen LogP contribution in [-0.4, -0.2) is 65.1 Å². The van der Waals surface area contributed by atoms with Crippen molar-refractivity contribution in [3.63, 3.8) is 0 Å². The summed E-state index contributed by atoms with van der Waals surface area (Å²) >= 11 is 1.84. The Balaban J connectivity index is 1.44. The summed E-state index contributed by atoms with van der Waals surface area (Å²) in [5, 5.41) is 0.562. The van der Waals surface area contributed by atoms with Crippen LogP contribution in [0.5, 0.6) is 5.75 Å². The van der Waals surface area contributed by atoms with Crippen molar-refractivity contribution in [2.45, 2.75) is 19.5 Å². The number of thioether (sulfide) groups is 1. The molecule has 1 fully saturated rings. The Kier molecular flexibility index (Phi) is 6.47. The van der Waals surface area contributed by atoms with Gasteiger partial charge in [0.2, 0.25) is 0 Å². The number of carbonyl (C=O) groups excluding carboxylic acids is 1. The summed E-state index contributed by atoms with van der Waals surface area (Å²) in [6.45, 7) is 3.42. The van der Waals surface area contributed by atoms with Gasteiger partial charge in [-0.05, 0) is 12.1 Å². The van der Waals surface area contributed by atoms with Crippen LogP contribution >= 0.6 is 11.8 Å². The lowest BCUT2D eigenvalue weighted by atomic mass is 10.1. The predicted octanol–water partition coefficient (Wildman–Crippen LogP) is 2.21. The molecule has 178 valence electrons. The van der Waals surface area contributed by atoms with Crippen LogP contribution in [0.1, 0.15) is 21.6 Å². The molecule has 0 bridgehead atoms. The Morgan fingerprint density at radius 3 is 2.68 bits per heavy atom. The highest BCUT2D eigenvalue weighted by Crippen LogP contribution is 2.26. The van der Waals surface area contributed by atoms with Gasteiger partial charge in [-0.1, -0.05) is 12.1 Å². The van der Waals surface area contributed by atoms with E-state index in [1.807, 2.05) is 28.8 Å². The largest absolute Gasteiger partial charge is 0.496 e. The maximum atomic E-state index is 13.5. The van der Waals surface area contributed by atoms with Crippen molar-refractivity contribution in [2.75, 3.05) is 44.8 Å². The zero-order valence-corrected chi connectivity index (χ0v) is 19.9. The number of hydrogen-bond donors (Lipinski definition) is 0. The minimum atomic E-state index is -0.176. The highest BCUT2D eigenvalue weighted by molar-refractivity contribution is 7.99. The first-order valence-electron chi connectivity index (χ1n) is 11.5. The molecule has 0 saturated carbocycles. The van der Waals surface area contributed by atoms with Crippen molar-refractivity contribution in [1.29, 1.82) is 0 Å². The Morgan fingerprint density at radius 1 is 1.09 bits per heavy atom. The quantitative estimate of drug-likeness (QED) is 0.565. The first kappa shape index (κ1) is 22.7. The van der Waals surface area contributed by atoms with E-state index in [1.54, 1.807) is 16.7 Å². The van der Waals surface area contributed by atoms with Gasteiger partial charge in [-0.3, -0.25) is 19.3 Å². The normalized spacial score (nSPS) is 16.8. The highest BCUT2D eigenvalue weighted by Gasteiger charge is 2.29. The van der Waals surface area contributed by atoms with Crippen LogP contribution in [-0.2, 0) is 19.5 Å². The molecule has 0 unspecified atom stereocenters. The van der Waals surface area contributed by atoms with Crippen LogP contribution in [0, 0.1) is 0 Å². The summed E-state index contributed by atoms with van der Waals surface area (Å²) in [4.78, 5) is 43.3. The van der Waals surface area contributed by atoms with Crippen molar-refractivity contribution in [1.82, 2.24) is 14.4 Å². The Morgan fingerprint density at radius 2 is 1.88 bits per heavy atom. The number of methoxy groups -OCH3 is 1. The summed E-state index contributed by atoms with van der Waals surface area (Å²) in [5.41, 5.74) is 2.13. The van der Waals surface area contributed by atoms with Gasteiger partial charge in [-0.15, -0.1) is 0 Å². The van der Waals surface area contributed by atoms with Gasteiger partial charge < -0.3 is 18.6 Å². The molecule has 9 heteroatoms. The number of pyridine rings is 1. The molecule has 0 radical (unpaired) electrons. The lowest BCUT2D eigenvalue weighted by molar-refractivity contribution is 0.0766. The molecule has 1 saturated heterocycles. The fraction of sp³-hybridized carbons (Fsp3) is 0.400. The van der Waals surface area contributed by atoms with E-state index in [0.29, 0.717) is 79.2 Å². The third-order valence-corrected chi connectivity index (χ3v) is 7.51. The van der Waals surface area contributed by atoms with Gasteiger partial charge in [-0.25, -0.2) is 0 Å². The SMILES string of the molecule is COc1cc(=O)n2c(c1C(=O)N1CCSCC1)CCN(Cc1coc3ccccc3c1=O)CC2. The molecule has 0 atom stereocenters. The molecular formula is C25H27N3O5S. The van der Waals surface area contributed by atoms with Crippen LogP contribution in [0.4, 0.5) is 0 Å². The summed E-state index contributed by atoms with van der Waals surface area (Å²) < 4.78 is 12.9. The molecule has 0 aliphatic carbocycles. The van der Waals surface area contributed by atoms with Crippen molar-refractivity contribution in [2.24, 2.45) is 0 Å². The fourth-order valence-corrected chi connectivity index (χ4v) is 5.64. The van der Waals surface area contributed by atoms with E-state index in [2.05, 4.69) is 4.90 Å². The zero-order valence-electron chi connectivity index (χ0n) is 19.1. The molecular weight excluding hydrogens is 454 g/mol. The number of ether oxygens (including phenoxy) is 1. The predicted molar refractivity (Wildman–Crippen MR) is 132 cm³/mol. The Labute approximate surface area is 201 Å². The fourth-order valence-electron chi connectivity index (χ4n) is 4.74.